The number of benzene rings is 8. The molecule has 0 aliphatic carbocycles. The third-order valence-corrected chi connectivity index (χ3v) is 15.9. The molecule has 0 unspecified atom stereocenters. The lowest BCUT2D eigenvalue weighted by Crippen LogP contribution is -2.49. The molecular formula is C48H33NOSSi. The van der Waals surface area contributed by atoms with Gasteiger partial charge in [0.25, 0.3) is 0 Å². The molecular weight excluding hydrogens is 667 g/mol. The molecule has 2 aromatic heterocycles. The van der Waals surface area contributed by atoms with Crippen LogP contribution < -0.4 is 15.3 Å². The van der Waals surface area contributed by atoms with Gasteiger partial charge in [0.2, 0.25) is 0 Å². The van der Waals surface area contributed by atoms with E-state index in [4.69, 9.17) is 4.42 Å². The Bertz CT molecular complexity index is 3050. The second-order valence-electron chi connectivity index (χ2n) is 14.5. The number of nitrogens with zero attached hydrogens (tertiary/aromatic N) is 1. The standard InChI is InChI=1S/C48H33NOSSi/c1-52(2)44-28-27-41-47(36-14-5-7-18-40(36)50-41)48(44)38-26-25-33(29-45(38)52)49(39-17-10-20-43-46(39)37-15-6-8-19-42(37)51-43)32-23-21-31(22-24-32)35-16-9-12-30-11-3-4-13-34(30)35/h3-29H,1-2H3. The lowest BCUT2D eigenvalue weighted by molar-refractivity contribution is 0.669. The van der Waals surface area contributed by atoms with Crippen LogP contribution in [0.25, 0.3) is 75.1 Å². The first-order valence-corrected chi connectivity index (χ1v) is 21.7. The Morgan fingerprint density at radius 1 is 0.500 bits per heavy atom. The molecule has 0 saturated heterocycles. The van der Waals surface area contributed by atoms with E-state index in [0.29, 0.717) is 0 Å². The normalized spacial score (nSPS) is 13.3. The second kappa shape index (κ2) is 11.0. The monoisotopic (exact) mass is 699 g/mol. The van der Waals surface area contributed by atoms with Crippen LogP contribution in [0.3, 0.4) is 0 Å². The Morgan fingerprint density at radius 2 is 1.21 bits per heavy atom. The summed E-state index contributed by atoms with van der Waals surface area (Å²) in [4.78, 5) is 2.49. The van der Waals surface area contributed by atoms with Crippen LogP contribution in [-0.2, 0) is 0 Å². The highest BCUT2D eigenvalue weighted by atomic mass is 32.1. The Morgan fingerprint density at radius 3 is 2.10 bits per heavy atom. The fourth-order valence-corrected chi connectivity index (χ4v) is 13.0. The second-order valence-corrected chi connectivity index (χ2v) is 19.9. The summed E-state index contributed by atoms with van der Waals surface area (Å²) in [5.41, 5.74) is 10.6. The lowest BCUT2D eigenvalue weighted by atomic mass is 9.97. The van der Waals surface area contributed by atoms with Crippen molar-refractivity contribution < 1.29 is 4.42 Å². The topological polar surface area (TPSA) is 16.4 Å². The van der Waals surface area contributed by atoms with Crippen molar-refractivity contribution in [1.29, 1.82) is 0 Å². The number of thiophene rings is 1. The molecule has 0 amide bonds. The Kier molecular flexibility index (Phi) is 6.31. The van der Waals surface area contributed by atoms with E-state index < -0.39 is 8.07 Å². The molecule has 1 aliphatic heterocycles. The molecule has 1 aliphatic rings. The predicted molar refractivity (Wildman–Crippen MR) is 226 cm³/mol. The molecule has 0 N–H and O–H groups in total. The van der Waals surface area contributed by atoms with Crippen LogP contribution in [0.1, 0.15) is 0 Å². The number of furan rings is 1. The Labute approximate surface area is 306 Å². The van der Waals surface area contributed by atoms with Crippen LogP contribution in [0.4, 0.5) is 17.1 Å². The van der Waals surface area contributed by atoms with E-state index in [1.165, 1.54) is 85.7 Å². The van der Waals surface area contributed by atoms with Crippen LogP contribution in [0.5, 0.6) is 0 Å². The number of hydrogen-bond acceptors (Lipinski definition) is 3. The summed E-state index contributed by atoms with van der Waals surface area (Å²) in [7, 11) is -2.07. The van der Waals surface area contributed by atoms with Crippen LogP contribution in [0, 0.1) is 0 Å². The molecule has 4 heteroatoms. The van der Waals surface area contributed by atoms with Crippen molar-refractivity contribution in [1.82, 2.24) is 0 Å². The Balaban J connectivity index is 1.13. The van der Waals surface area contributed by atoms with Crippen molar-refractivity contribution in [2.75, 3.05) is 4.90 Å². The molecule has 8 aromatic carbocycles. The van der Waals surface area contributed by atoms with E-state index in [0.717, 1.165) is 16.9 Å². The molecule has 10 aromatic rings. The Hall–Kier alpha value is -5.94. The SMILES string of the molecule is C[Si]1(C)c2cc(N(c3ccc(-c4cccc5ccccc45)cc3)c3cccc4sc5ccccc5c34)ccc2-c2c1ccc1oc3ccccc3c21. The summed E-state index contributed by atoms with van der Waals surface area (Å²) in [5, 5.41) is 10.5. The maximum Gasteiger partial charge on any atom is 0.136 e. The van der Waals surface area contributed by atoms with Gasteiger partial charge in [0.15, 0.2) is 0 Å². The summed E-state index contributed by atoms with van der Waals surface area (Å²) in [5.74, 6) is 0. The van der Waals surface area contributed by atoms with Gasteiger partial charge < -0.3 is 9.32 Å². The average Bonchev–Trinajstić information content (AvgIpc) is 3.83. The molecule has 0 radical (unpaired) electrons. The highest BCUT2D eigenvalue weighted by Gasteiger charge is 2.40. The van der Waals surface area contributed by atoms with Crippen LogP contribution >= 0.6 is 11.3 Å². The van der Waals surface area contributed by atoms with Crippen molar-refractivity contribution in [3.8, 4) is 22.3 Å². The first kappa shape index (κ1) is 29.8. The van der Waals surface area contributed by atoms with Gasteiger partial charge >= 0.3 is 0 Å². The van der Waals surface area contributed by atoms with Gasteiger partial charge in [0.05, 0.1) is 5.69 Å². The minimum atomic E-state index is -2.07. The van der Waals surface area contributed by atoms with Crippen molar-refractivity contribution >= 4 is 99.7 Å². The van der Waals surface area contributed by atoms with Gasteiger partial charge in [-0.25, -0.2) is 0 Å². The molecule has 11 rings (SSSR count). The largest absolute Gasteiger partial charge is 0.456 e. The molecule has 0 spiro atoms. The van der Waals surface area contributed by atoms with Gasteiger partial charge in [-0.1, -0.05) is 122 Å². The molecule has 2 nitrogen and oxygen atoms in total. The molecule has 246 valence electrons. The molecule has 0 saturated carbocycles. The fourth-order valence-electron chi connectivity index (χ4n) is 8.81. The lowest BCUT2D eigenvalue weighted by Gasteiger charge is -2.28. The zero-order chi connectivity index (χ0) is 34.6. The van der Waals surface area contributed by atoms with Crippen LogP contribution in [-0.4, -0.2) is 8.07 Å². The van der Waals surface area contributed by atoms with Crippen molar-refractivity contribution in [2.24, 2.45) is 0 Å². The summed E-state index contributed by atoms with van der Waals surface area (Å²) in [6.07, 6.45) is 0. The van der Waals surface area contributed by atoms with E-state index in [1.807, 2.05) is 11.3 Å². The number of rotatable bonds is 4. The van der Waals surface area contributed by atoms with E-state index in [1.54, 1.807) is 0 Å². The van der Waals surface area contributed by atoms with E-state index in [-0.39, 0.29) is 0 Å². The number of fused-ring (bicyclic) bond motifs is 11. The van der Waals surface area contributed by atoms with Crippen LogP contribution in [0.2, 0.25) is 13.1 Å². The highest BCUT2D eigenvalue weighted by molar-refractivity contribution is 7.26. The van der Waals surface area contributed by atoms with Crippen molar-refractivity contribution in [3.05, 3.63) is 164 Å². The summed E-state index contributed by atoms with van der Waals surface area (Å²) < 4.78 is 8.99. The van der Waals surface area contributed by atoms with Gasteiger partial charge in [0.1, 0.15) is 19.2 Å². The first-order valence-electron chi connectivity index (χ1n) is 17.9. The quantitative estimate of drug-likeness (QED) is 0.170. The van der Waals surface area contributed by atoms with Gasteiger partial charge in [-0.05, 0) is 98.0 Å². The minimum absolute atomic E-state index is 0.949. The van der Waals surface area contributed by atoms with Crippen LogP contribution in [0.15, 0.2) is 168 Å². The fraction of sp³-hybridized carbons (Fsp3) is 0.0417. The predicted octanol–water partition coefficient (Wildman–Crippen LogP) is 13.0. The molecule has 0 fully saturated rings. The first-order chi connectivity index (χ1) is 25.5. The van der Waals surface area contributed by atoms with Crippen molar-refractivity contribution in [2.45, 2.75) is 13.1 Å². The van der Waals surface area contributed by atoms with Gasteiger partial charge in [0, 0.05) is 42.3 Å². The smallest absolute Gasteiger partial charge is 0.136 e. The highest BCUT2D eigenvalue weighted by Crippen LogP contribution is 2.47. The zero-order valence-electron chi connectivity index (χ0n) is 28.9. The average molecular weight is 700 g/mol. The third kappa shape index (κ3) is 4.22. The maximum absolute atomic E-state index is 6.38. The van der Waals surface area contributed by atoms with Gasteiger partial charge in [-0.2, -0.15) is 0 Å². The third-order valence-electron chi connectivity index (χ3n) is 11.3. The summed E-state index contributed by atoms with van der Waals surface area (Å²) in [6.45, 7) is 5.01. The summed E-state index contributed by atoms with van der Waals surface area (Å²) >= 11 is 1.87. The van der Waals surface area contributed by atoms with E-state index in [9.17, 15) is 0 Å². The zero-order valence-corrected chi connectivity index (χ0v) is 30.7. The van der Waals surface area contributed by atoms with E-state index in [2.05, 4.69) is 182 Å². The molecule has 3 heterocycles. The van der Waals surface area contributed by atoms with Gasteiger partial charge in [-0.15, -0.1) is 11.3 Å². The molecule has 0 bridgehead atoms. The maximum atomic E-state index is 6.38. The summed E-state index contributed by atoms with van der Waals surface area (Å²) in [6, 6.07) is 60.3. The minimum Gasteiger partial charge on any atom is -0.456 e. The number of para-hydroxylation sites is 1. The van der Waals surface area contributed by atoms with Crippen molar-refractivity contribution in [3.63, 3.8) is 0 Å². The van der Waals surface area contributed by atoms with E-state index >= 15 is 0 Å². The number of hydrogen-bond donors (Lipinski definition) is 0. The molecule has 0 atom stereocenters. The van der Waals surface area contributed by atoms with Gasteiger partial charge in [-0.3, -0.25) is 0 Å². The number of anilines is 3. The molecule has 52 heavy (non-hydrogen) atoms.